The molecule has 3 rings (SSSR count). The molecule has 0 radical (unpaired) electrons. The molecule has 0 aromatic carbocycles. The Kier molecular flexibility index (Phi) is 5.67. The number of nitrogens with zero attached hydrogens (tertiary/aromatic N) is 3. The third-order valence-corrected chi connectivity index (χ3v) is 4.31. The van der Waals surface area contributed by atoms with Crippen molar-refractivity contribution < 1.29 is 18.8 Å². The first-order valence-corrected chi connectivity index (χ1v) is 8.69. The van der Waals surface area contributed by atoms with Crippen LogP contribution in [0.1, 0.15) is 22.5 Å². The molecule has 3 aromatic heterocycles. The molecule has 0 aliphatic heterocycles. The van der Waals surface area contributed by atoms with Crippen molar-refractivity contribution in [3.05, 3.63) is 54.2 Å². The van der Waals surface area contributed by atoms with Crippen LogP contribution in [0.5, 0.6) is 0 Å². The van der Waals surface area contributed by atoms with Crippen molar-refractivity contribution >= 4 is 29.3 Å². The number of hydrogen-bond acceptors (Lipinski definition) is 8. The van der Waals surface area contributed by atoms with E-state index in [9.17, 15) is 14.4 Å². The summed E-state index contributed by atoms with van der Waals surface area (Å²) in [5.74, 6) is -2.63. The van der Waals surface area contributed by atoms with E-state index in [1.807, 2.05) is 0 Å². The predicted octanol–water partition coefficient (Wildman–Crippen LogP) is 0.979. The largest absolute Gasteiger partial charge is 0.472 e. The average molecular weight is 385 g/mol. The minimum atomic E-state index is -1.12. The zero-order valence-corrected chi connectivity index (χ0v) is 14.8. The lowest BCUT2D eigenvalue weighted by Crippen LogP contribution is -2.46. The summed E-state index contributed by atoms with van der Waals surface area (Å²) >= 11 is 0.853. The highest BCUT2D eigenvalue weighted by Crippen LogP contribution is 2.19. The normalized spacial score (nSPS) is 11.7. The highest BCUT2D eigenvalue weighted by Gasteiger charge is 2.28. The van der Waals surface area contributed by atoms with Crippen molar-refractivity contribution in [2.24, 2.45) is 5.73 Å². The van der Waals surface area contributed by atoms with Crippen molar-refractivity contribution in [2.45, 2.75) is 18.9 Å². The van der Waals surface area contributed by atoms with E-state index < -0.39 is 23.6 Å². The van der Waals surface area contributed by atoms with Gasteiger partial charge in [0.1, 0.15) is 5.69 Å². The molecular formula is C17H15N5O4S. The number of ketones is 1. The number of amides is 2. The Morgan fingerprint density at radius 3 is 2.74 bits per heavy atom. The summed E-state index contributed by atoms with van der Waals surface area (Å²) in [5.41, 5.74) is 6.75. The molecule has 10 heteroatoms. The van der Waals surface area contributed by atoms with Crippen molar-refractivity contribution in [3.63, 3.8) is 0 Å². The zero-order valence-electron chi connectivity index (χ0n) is 14.0. The maximum Gasteiger partial charge on any atom is 0.287 e. The lowest BCUT2D eigenvalue weighted by atomic mass is 10.0. The molecule has 2 amide bonds. The molecule has 0 saturated carbocycles. The molecule has 3 heterocycles. The van der Waals surface area contributed by atoms with Gasteiger partial charge in [-0.3, -0.25) is 19.4 Å². The average Bonchev–Trinajstić information content (AvgIpc) is 3.36. The lowest BCUT2D eigenvalue weighted by molar-refractivity contribution is -0.137. The maximum absolute atomic E-state index is 12.6. The Morgan fingerprint density at radius 2 is 2.07 bits per heavy atom. The van der Waals surface area contributed by atoms with Crippen molar-refractivity contribution in [2.75, 3.05) is 0 Å². The molecule has 0 aliphatic carbocycles. The van der Waals surface area contributed by atoms with Gasteiger partial charge in [0, 0.05) is 6.20 Å². The highest BCUT2D eigenvalue weighted by molar-refractivity contribution is 6.99. The fourth-order valence-corrected chi connectivity index (χ4v) is 2.97. The van der Waals surface area contributed by atoms with Gasteiger partial charge >= 0.3 is 0 Å². The van der Waals surface area contributed by atoms with E-state index in [1.54, 1.807) is 30.5 Å². The molecule has 27 heavy (non-hydrogen) atoms. The second-order valence-corrected chi connectivity index (χ2v) is 6.13. The molecule has 0 aliphatic rings. The number of pyridine rings is 1. The minimum Gasteiger partial charge on any atom is -0.472 e. The fraction of sp³-hybridized carbons (Fsp3) is 0.176. The second-order valence-electron chi connectivity index (χ2n) is 5.60. The number of furan rings is 1. The summed E-state index contributed by atoms with van der Waals surface area (Å²) in [6.07, 6.45) is 5.20. The van der Waals surface area contributed by atoms with Gasteiger partial charge in [-0.05, 0) is 36.6 Å². The van der Waals surface area contributed by atoms with Crippen LogP contribution in [0.15, 0.2) is 47.4 Å². The van der Waals surface area contributed by atoms with Gasteiger partial charge in [0.15, 0.2) is 5.69 Å². The van der Waals surface area contributed by atoms with E-state index in [0.717, 1.165) is 17.3 Å². The number of carbonyl (C=O) groups excluding carboxylic acids is 3. The van der Waals surface area contributed by atoms with Gasteiger partial charge in [-0.1, -0.05) is 6.07 Å². The van der Waals surface area contributed by atoms with Gasteiger partial charge in [-0.15, -0.1) is 0 Å². The van der Waals surface area contributed by atoms with Crippen LogP contribution in [-0.4, -0.2) is 37.4 Å². The standard InChI is InChI=1S/C17H15N5O4S/c18-16(24)15(23)12(5-4-10-6-8-26-9-10)20-17(25)14-13(21-27-22-14)11-3-1-2-7-19-11/h1-3,6-9,12H,4-5H2,(H2,18,24)(H,20,25). The molecule has 3 aromatic rings. The molecule has 0 bridgehead atoms. The molecule has 1 unspecified atom stereocenters. The molecular weight excluding hydrogens is 370 g/mol. The molecule has 1 atom stereocenters. The molecule has 0 spiro atoms. The summed E-state index contributed by atoms with van der Waals surface area (Å²) in [6, 6.07) is 5.84. The van der Waals surface area contributed by atoms with Crippen LogP contribution in [-0.2, 0) is 16.0 Å². The SMILES string of the molecule is NC(=O)C(=O)C(CCc1ccoc1)NC(=O)c1nsnc1-c1ccccn1. The van der Waals surface area contributed by atoms with Crippen LogP contribution >= 0.6 is 11.7 Å². The quantitative estimate of drug-likeness (QED) is 0.551. The van der Waals surface area contributed by atoms with E-state index in [4.69, 9.17) is 10.2 Å². The summed E-state index contributed by atoms with van der Waals surface area (Å²) in [5, 5.41) is 2.53. The number of carbonyl (C=O) groups is 3. The summed E-state index contributed by atoms with van der Waals surface area (Å²) in [4.78, 5) is 40.2. The number of aryl methyl sites for hydroxylation is 1. The van der Waals surface area contributed by atoms with Gasteiger partial charge < -0.3 is 15.5 Å². The van der Waals surface area contributed by atoms with Crippen molar-refractivity contribution in [3.8, 4) is 11.4 Å². The topological polar surface area (TPSA) is 141 Å². The highest BCUT2D eigenvalue weighted by atomic mass is 32.1. The van der Waals surface area contributed by atoms with Crippen molar-refractivity contribution in [1.82, 2.24) is 19.0 Å². The van der Waals surface area contributed by atoms with Crippen LogP contribution in [0.25, 0.3) is 11.4 Å². The third kappa shape index (κ3) is 4.42. The van der Waals surface area contributed by atoms with Crippen LogP contribution < -0.4 is 11.1 Å². The Morgan fingerprint density at radius 1 is 1.22 bits per heavy atom. The molecule has 9 nitrogen and oxygen atoms in total. The number of Topliss-reactive ketones (excluding diaryl/α,β-unsaturated/α-hetero) is 1. The van der Waals surface area contributed by atoms with Gasteiger partial charge in [0.25, 0.3) is 11.8 Å². The maximum atomic E-state index is 12.6. The number of nitrogens with two attached hydrogens (primary N) is 1. The van der Waals surface area contributed by atoms with E-state index >= 15 is 0 Å². The van der Waals surface area contributed by atoms with Crippen molar-refractivity contribution in [1.29, 1.82) is 0 Å². The molecule has 0 saturated heterocycles. The predicted molar refractivity (Wildman–Crippen MR) is 95.6 cm³/mol. The van der Waals surface area contributed by atoms with Gasteiger partial charge in [-0.2, -0.15) is 8.75 Å². The number of primary amides is 1. The Hall–Kier alpha value is -3.40. The second kappa shape index (κ2) is 8.32. The van der Waals surface area contributed by atoms with E-state index in [1.165, 1.54) is 12.5 Å². The fourth-order valence-electron chi connectivity index (χ4n) is 2.42. The van der Waals surface area contributed by atoms with E-state index in [2.05, 4.69) is 19.0 Å². The summed E-state index contributed by atoms with van der Waals surface area (Å²) < 4.78 is 13.1. The van der Waals surface area contributed by atoms with Crippen LogP contribution in [0.4, 0.5) is 0 Å². The lowest BCUT2D eigenvalue weighted by Gasteiger charge is -2.15. The number of hydrogen-bond donors (Lipinski definition) is 2. The number of nitrogens with one attached hydrogen (secondary N) is 1. The molecule has 138 valence electrons. The zero-order chi connectivity index (χ0) is 19.2. The first-order chi connectivity index (χ1) is 13.1. The van der Waals surface area contributed by atoms with Crippen LogP contribution in [0.2, 0.25) is 0 Å². The van der Waals surface area contributed by atoms with E-state index in [0.29, 0.717) is 17.8 Å². The molecule has 3 N–H and O–H groups in total. The van der Waals surface area contributed by atoms with Crippen LogP contribution in [0, 0.1) is 0 Å². The van der Waals surface area contributed by atoms with Gasteiger partial charge in [-0.25, -0.2) is 0 Å². The first-order valence-electron chi connectivity index (χ1n) is 7.96. The number of rotatable bonds is 8. The Labute approximate surface area is 157 Å². The third-order valence-electron chi connectivity index (χ3n) is 3.78. The van der Waals surface area contributed by atoms with Gasteiger partial charge in [0.2, 0.25) is 5.78 Å². The Bertz CT molecular complexity index is 939. The summed E-state index contributed by atoms with van der Waals surface area (Å²) in [6.45, 7) is 0. The van der Waals surface area contributed by atoms with Crippen LogP contribution in [0.3, 0.4) is 0 Å². The smallest absolute Gasteiger partial charge is 0.287 e. The Balaban J connectivity index is 1.77. The van der Waals surface area contributed by atoms with E-state index in [-0.39, 0.29) is 12.1 Å². The van der Waals surface area contributed by atoms with Gasteiger partial charge in [0.05, 0.1) is 36.0 Å². The first kappa shape index (κ1) is 18.4. The monoisotopic (exact) mass is 385 g/mol. The number of aromatic nitrogens is 3. The minimum absolute atomic E-state index is 0.0317. The molecule has 0 fully saturated rings. The summed E-state index contributed by atoms with van der Waals surface area (Å²) in [7, 11) is 0.